The first-order chi connectivity index (χ1) is 8.22. The van der Waals surface area contributed by atoms with Crippen LogP contribution in [0.5, 0.6) is 0 Å². The van der Waals surface area contributed by atoms with Gasteiger partial charge in [-0.2, -0.15) is 0 Å². The number of likely N-dealkylation sites (N-methyl/N-ethyl adjacent to an activating group) is 1. The van der Waals surface area contributed by atoms with Crippen molar-refractivity contribution in [2.24, 2.45) is 0 Å². The normalized spacial score (nSPS) is 12.1. The molecule has 1 rings (SSSR count). The Hall–Kier alpha value is -1.35. The van der Waals surface area contributed by atoms with Gasteiger partial charge in [0.25, 0.3) is 0 Å². The molecule has 0 fully saturated rings. The molecule has 0 aliphatic carbocycles. The maximum Gasteiger partial charge on any atom is 0.220 e. The molecule has 3 heteroatoms. The summed E-state index contributed by atoms with van der Waals surface area (Å²) in [4.78, 5) is 11.5. The molecular formula is C14H22N2O. The number of rotatable bonds is 7. The summed E-state index contributed by atoms with van der Waals surface area (Å²) in [7, 11) is 1.90. The third kappa shape index (κ3) is 6.07. The molecule has 0 aliphatic rings. The quantitative estimate of drug-likeness (QED) is 0.754. The van der Waals surface area contributed by atoms with E-state index in [-0.39, 0.29) is 5.91 Å². The van der Waals surface area contributed by atoms with E-state index in [1.807, 2.05) is 32.2 Å². The monoisotopic (exact) mass is 234 g/mol. The molecule has 0 spiro atoms. The Morgan fingerprint density at radius 2 is 2.00 bits per heavy atom. The van der Waals surface area contributed by atoms with E-state index in [1.165, 1.54) is 5.56 Å². The first-order valence-electron chi connectivity index (χ1n) is 6.20. The van der Waals surface area contributed by atoms with Gasteiger partial charge in [0.1, 0.15) is 0 Å². The van der Waals surface area contributed by atoms with Crippen LogP contribution in [-0.4, -0.2) is 25.5 Å². The Balaban J connectivity index is 2.12. The molecule has 2 N–H and O–H groups in total. The van der Waals surface area contributed by atoms with Gasteiger partial charge in [-0.3, -0.25) is 4.79 Å². The molecule has 94 valence electrons. The van der Waals surface area contributed by atoms with Crippen molar-refractivity contribution in [3.63, 3.8) is 0 Å². The van der Waals surface area contributed by atoms with E-state index >= 15 is 0 Å². The third-order valence-corrected chi connectivity index (χ3v) is 2.81. The van der Waals surface area contributed by atoms with Crippen LogP contribution >= 0.6 is 0 Å². The van der Waals surface area contributed by atoms with Gasteiger partial charge in [0, 0.05) is 19.0 Å². The van der Waals surface area contributed by atoms with Gasteiger partial charge in [-0.1, -0.05) is 30.3 Å². The lowest BCUT2D eigenvalue weighted by molar-refractivity contribution is -0.121. The van der Waals surface area contributed by atoms with Crippen LogP contribution in [0, 0.1) is 0 Å². The number of benzene rings is 1. The van der Waals surface area contributed by atoms with Crippen molar-refractivity contribution in [2.45, 2.75) is 32.2 Å². The summed E-state index contributed by atoms with van der Waals surface area (Å²) in [6, 6.07) is 10.6. The van der Waals surface area contributed by atoms with Crippen LogP contribution < -0.4 is 10.6 Å². The molecule has 1 unspecified atom stereocenters. The zero-order valence-electron chi connectivity index (χ0n) is 10.7. The topological polar surface area (TPSA) is 41.1 Å². The van der Waals surface area contributed by atoms with Gasteiger partial charge >= 0.3 is 0 Å². The molecule has 3 nitrogen and oxygen atoms in total. The van der Waals surface area contributed by atoms with Gasteiger partial charge in [0.15, 0.2) is 0 Å². The van der Waals surface area contributed by atoms with Gasteiger partial charge in [-0.25, -0.2) is 0 Å². The average Bonchev–Trinajstić information content (AvgIpc) is 2.37. The SMILES string of the molecule is CNC(C)CNC(=O)CCCc1ccccc1. The number of carbonyl (C=O) groups is 1. The maximum atomic E-state index is 11.5. The fourth-order valence-electron chi connectivity index (χ4n) is 1.56. The molecule has 0 aliphatic heterocycles. The van der Waals surface area contributed by atoms with Gasteiger partial charge in [-0.05, 0) is 32.4 Å². The summed E-state index contributed by atoms with van der Waals surface area (Å²) in [6.45, 7) is 2.74. The Kier molecular flexibility index (Phi) is 6.33. The second-order valence-electron chi connectivity index (χ2n) is 4.33. The molecule has 0 saturated heterocycles. The number of nitrogens with one attached hydrogen (secondary N) is 2. The Bertz CT molecular complexity index is 324. The van der Waals surface area contributed by atoms with Gasteiger partial charge in [-0.15, -0.1) is 0 Å². The van der Waals surface area contributed by atoms with E-state index in [1.54, 1.807) is 0 Å². The first kappa shape index (κ1) is 13.7. The lowest BCUT2D eigenvalue weighted by Crippen LogP contribution is -2.37. The highest BCUT2D eigenvalue weighted by Gasteiger charge is 2.03. The Morgan fingerprint density at radius 3 is 2.65 bits per heavy atom. The molecule has 0 heterocycles. The zero-order chi connectivity index (χ0) is 12.5. The minimum atomic E-state index is 0.142. The van der Waals surface area contributed by atoms with E-state index in [2.05, 4.69) is 22.8 Å². The Morgan fingerprint density at radius 1 is 1.29 bits per heavy atom. The molecule has 1 atom stereocenters. The molecule has 17 heavy (non-hydrogen) atoms. The van der Waals surface area contributed by atoms with Crippen molar-refractivity contribution >= 4 is 5.91 Å². The molecule has 1 aromatic carbocycles. The van der Waals surface area contributed by atoms with Crippen LogP contribution in [0.15, 0.2) is 30.3 Å². The van der Waals surface area contributed by atoms with Crippen molar-refractivity contribution in [2.75, 3.05) is 13.6 Å². The van der Waals surface area contributed by atoms with E-state index in [0.717, 1.165) is 12.8 Å². The molecule has 0 saturated carbocycles. The number of amides is 1. The second kappa shape index (κ2) is 7.85. The molecule has 0 radical (unpaired) electrons. The number of hydrogen-bond donors (Lipinski definition) is 2. The minimum absolute atomic E-state index is 0.142. The third-order valence-electron chi connectivity index (χ3n) is 2.81. The van der Waals surface area contributed by atoms with Crippen LogP contribution in [0.4, 0.5) is 0 Å². The van der Waals surface area contributed by atoms with E-state index in [0.29, 0.717) is 19.0 Å². The minimum Gasteiger partial charge on any atom is -0.355 e. The maximum absolute atomic E-state index is 11.5. The van der Waals surface area contributed by atoms with Crippen molar-refractivity contribution in [3.05, 3.63) is 35.9 Å². The van der Waals surface area contributed by atoms with Gasteiger partial charge < -0.3 is 10.6 Å². The Labute approximate surface area is 104 Å². The summed E-state index contributed by atoms with van der Waals surface area (Å²) in [5.74, 6) is 0.142. The molecule has 1 aromatic rings. The number of carbonyl (C=O) groups excluding carboxylic acids is 1. The van der Waals surface area contributed by atoms with Gasteiger partial charge in [0.05, 0.1) is 0 Å². The summed E-state index contributed by atoms with van der Waals surface area (Å²) >= 11 is 0. The summed E-state index contributed by atoms with van der Waals surface area (Å²) in [6.07, 6.45) is 2.48. The van der Waals surface area contributed by atoms with Crippen molar-refractivity contribution in [1.29, 1.82) is 0 Å². The summed E-state index contributed by atoms with van der Waals surface area (Å²) in [5, 5.41) is 6.01. The highest BCUT2D eigenvalue weighted by atomic mass is 16.1. The molecule has 1 amide bonds. The van der Waals surface area contributed by atoms with Crippen molar-refractivity contribution < 1.29 is 4.79 Å². The van der Waals surface area contributed by atoms with Crippen LogP contribution in [0.1, 0.15) is 25.3 Å². The number of hydrogen-bond acceptors (Lipinski definition) is 2. The van der Waals surface area contributed by atoms with Crippen LogP contribution in [0.25, 0.3) is 0 Å². The number of aryl methyl sites for hydroxylation is 1. The standard InChI is InChI=1S/C14H22N2O/c1-12(15-2)11-16-14(17)10-6-9-13-7-4-3-5-8-13/h3-5,7-8,12,15H,6,9-11H2,1-2H3,(H,16,17). The first-order valence-corrected chi connectivity index (χ1v) is 6.20. The summed E-state index contributed by atoms with van der Waals surface area (Å²) in [5.41, 5.74) is 1.30. The zero-order valence-corrected chi connectivity index (χ0v) is 10.7. The molecule has 0 bridgehead atoms. The predicted octanol–water partition coefficient (Wildman–Crippen LogP) is 1.73. The second-order valence-corrected chi connectivity index (χ2v) is 4.33. The van der Waals surface area contributed by atoms with Crippen molar-refractivity contribution in [1.82, 2.24) is 10.6 Å². The summed E-state index contributed by atoms with van der Waals surface area (Å²) < 4.78 is 0. The smallest absolute Gasteiger partial charge is 0.220 e. The molecule has 0 aromatic heterocycles. The fraction of sp³-hybridized carbons (Fsp3) is 0.500. The van der Waals surface area contributed by atoms with Crippen LogP contribution in [0.2, 0.25) is 0 Å². The average molecular weight is 234 g/mol. The van der Waals surface area contributed by atoms with E-state index < -0.39 is 0 Å². The lowest BCUT2D eigenvalue weighted by atomic mass is 10.1. The highest BCUT2D eigenvalue weighted by molar-refractivity contribution is 5.75. The van der Waals surface area contributed by atoms with E-state index in [4.69, 9.17) is 0 Å². The van der Waals surface area contributed by atoms with Crippen LogP contribution in [0.3, 0.4) is 0 Å². The largest absolute Gasteiger partial charge is 0.355 e. The lowest BCUT2D eigenvalue weighted by Gasteiger charge is -2.11. The van der Waals surface area contributed by atoms with Gasteiger partial charge in [0.2, 0.25) is 5.91 Å². The van der Waals surface area contributed by atoms with Crippen LogP contribution in [-0.2, 0) is 11.2 Å². The fourth-order valence-corrected chi connectivity index (χ4v) is 1.56. The van der Waals surface area contributed by atoms with E-state index in [9.17, 15) is 4.79 Å². The van der Waals surface area contributed by atoms with Crippen molar-refractivity contribution in [3.8, 4) is 0 Å². The predicted molar refractivity (Wildman–Crippen MR) is 70.9 cm³/mol. The highest BCUT2D eigenvalue weighted by Crippen LogP contribution is 2.04. The molecular weight excluding hydrogens is 212 g/mol.